The van der Waals surface area contributed by atoms with Crippen LogP contribution < -0.4 is 11.1 Å². The first-order valence-electron chi connectivity index (χ1n) is 5.37. The number of hydrogen-bond acceptors (Lipinski definition) is 4. The molecule has 0 saturated carbocycles. The topological polar surface area (TPSA) is 58.3 Å². The summed E-state index contributed by atoms with van der Waals surface area (Å²) in [6, 6.07) is 8.44. The predicted molar refractivity (Wildman–Crippen MR) is 68.7 cm³/mol. The third-order valence-electron chi connectivity index (χ3n) is 2.62. The van der Waals surface area contributed by atoms with E-state index >= 15 is 0 Å². The van der Waals surface area contributed by atoms with Gasteiger partial charge < -0.3 is 16.2 Å². The van der Waals surface area contributed by atoms with Gasteiger partial charge in [0, 0.05) is 23.8 Å². The van der Waals surface area contributed by atoms with Crippen molar-refractivity contribution in [2.24, 2.45) is 5.73 Å². The summed E-state index contributed by atoms with van der Waals surface area (Å²) in [5.74, 6) is 0. The van der Waals surface area contributed by atoms with E-state index in [1.54, 1.807) is 11.3 Å². The lowest BCUT2D eigenvalue weighted by Crippen LogP contribution is -2.30. The zero-order valence-corrected chi connectivity index (χ0v) is 9.83. The Morgan fingerprint density at radius 2 is 2.19 bits per heavy atom. The molecule has 0 aliphatic rings. The van der Waals surface area contributed by atoms with Gasteiger partial charge in [0.2, 0.25) is 0 Å². The third kappa shape index (κ3) is 2.25. The average molecular weight is 236 g/mol. The van der Waals surface area contributed by atoms with E-state index in [-0.39, 0.29) is 12.6 Å². The molecule has 0 aliphatic heterocycles. The predicted octanol–water partition coefficient (Wildman–Crippen LogP) is 1.48. The molecule has 0 amide bonds. The van der Waals surface area contributed by atoms with Crippen LogP contribution >= 0.6 is 11.3 Å². The maximum atomic E-state index is 8.82. The number of rotatable bonds is 5. The Hall–Kier alpha value is -0.940. The van der Waals surface area contributed by atoms with Gasteiger partial charge in [0.25, 0.3) is 0 Å². The van der Waals surface area contributed by atoms with Crippen molar-refractivity contribution >= 4 is 21.4 Å². The molecule has 86 valence electrons. The van der Waals surface area contributed by atoms with Gasteiger partial charge in [-0.1, -0.05) is 18.2 Å². The second-order valence-corrected chi connectivity index (χ2v) is 4.56. The van der Waals surface area contributed by atoms with E-state index in [9.17, 15) is 0 Å². The van der Waals surface area contributed by atoms with E-state index in [0.29, 0.717) is 13.1 Å². The van der Waals surface area contributed by atoms with Crippen molar-refractivity contribution in [1.29, 1.82) is 0 Å². The fourth-order valence-electron chi connectivity index (χ4n) is 1.83. The van der Waals surface area contributed by atoms with Crippen molar-refractivity contribution in [3.05, 3.63) is 35.2 Å². The Bertz CT molecular complexity index is 455. The van der Waals surface area contributed by atoms with Gasteiger partial charge in [-0.3, -0.25) is 0 Å². The number of aliphatic hydroxyl groups excluding tert-OH is 1. The lowest BCUT2D eigenvalue weighted by molar-refractivity contribution is 0.285. The molecule has 2 aromatic rings. The molecule has 1 heterocycles. The zero-order valence-electron chi connectivity index (χ0n) is 9.02. The summed E-state index contributed by atoms with van der Waals surface area (Å²) in [6.45, 7) is 1.26. The van der Waals surface area contributed by atoms with E-state index in [4.69, 9.17) is 10.8 Å². The molecule has 0 aliphatic carbocycles. The van der Waals surface area contributed by atoms with E-state index in [0.717, 1.165) is 0 Å². The van der Waals surface area contributed by atoms with Crippen LogP contribution in [0, 0.1) is 0 Å². The first kappa shape index (κ1) is 11.5. The molecular weight excluding hydrogens is 220 g/mol. The van der Waals surface area contributed by atoms with Gasteiger partial charge in [0.15, 0.2) is 0 Å². The normalized spacial score (nSPS) is 13.1. The summed E-state index contributed by atoms with van der Waals surface area (Å²) < 4.78 is 1.28. The molecule has 1 aromatic carbocycles. The minimum absolute atomic E-state index is 0.128. The summed E-state index contributed by atoms with van der Waals surface area (Å²) in [5, 5.41) is 15.5. The number of nitrogens with one attached hydrogen (secondary N) is 1. The van der Waals surface area contributed by atoms with Crippen molar-refractivity contribution in [3.8, 4) is 0 Å². The first-order chi connectivity index (χ1) is 7.86. The van der Waals surface area contributed by atoms with Crippen molar-refractivity contribution < 1.29 is 5.11 Å². The molecule has 0 spiro atoms. The van der Waals surface area contributed by atoms with E-state index in [1.165, 1.54) is 15.6 Å². The van der Waals surface area contributed by atoms with E-state index < -0.39 is 0 Å². The van der Waals surface area contributed by atoms with Crippen LogP contribution in [0.5, 0.6) is 0 Å². The van der Waals surface area contributed by atoms with Gasteiger partial charge in [-0.25, -0.2) is 0 Å². The molecule has 4 N–H and O–H groups in total. The number of thiophene rings is 1. The molecule has 2 rings (SSSR count). The first-order valence-corrected chi connectivity index (χ1v) is 6.25. The van der Waals surface area contributed by atoms with E-state index in [2.05, 4.69) is 22.8 Å². The molecule has 1 atom stereocenters. The highest BCUT2D eigenvalue weighted by atomic mass is 32.1. The Morgan fingerprint density at radius 1 is 1.38 bits per heavy atom. The molecule has 1 aromatic heterocycles. The minimum Gasteiger partial charge on any atom is -0.395 e. The molecule has 0 saturated heterocycles. The van der Waals surface area contributed by atoms with Crippen LogP contribution in [-0.4, -0.2) is 24.8 Å². The van der Waals surface area contributed by atoms with Crippen LogP contribution in [0.25, 0.3) is 10.1 Å². The van der Waals surface area contributed by atoms with Crippen LogP contribution in [0.3, 0.4) is 0 Å². The van der Waals surface area contributed by atoms with Crippen LogP contribution in [0.1, 0.15) is 11.6 Å². The number of fused-ring (bicyclic) bond motifs is 1. The lowest BCUT2D eigenvalue weighted by atomic mass is 10.1. The van der Waals surface area contributed by atoms with Gasteiger partial charge >= 0.3 is 0 Å². The van der Waals surface area contributed by atoms with Gasteiger partial charge in [-0.2, -0.15) is 0 Å². The monoisotopic (exact) mass is 236 g/mol. The number of benzene rings is 1. The lowest BCUT2D eigenvalue weighted by Gasteiger charge is -2.15. The molecule has 3 nitrogen and oxygen atoms in total. The van der Waals surface area contributed by atoms with Crippen LogP contribution in [0.4, 0.5) is 0 Å². The van der Waals surface area contributed by atoms with Crippen LogP contribution in [0.15, 0.2) is 29.6 Å². The van der Waals surface area contributed by atoms with Gasteiger partial charge in [0.05, 0.1) is 6.61 Å². The highest BCUT2D eigenvalue weighted by Gasteiger charge is 2.13. The molecule has 0 radical (unpaired) electrons. The molecule has 1 unspecified atom stereocenters. The SMILES string of the molecule is NCC(NCCO)c1csc2ccccc12. The summed E-state index contributed by atoms with van der Waals surface area (Å²) in [7, 11) is 0. The zero-order chi connectivity index (χ0) is 11.4. The Kier molecular flexibility index (Phi) is 3.90. The smallest absolute Gasteiger partial charge is 0.0556 e. The van der Waals surface area contributed by atoms with Crippen LogP contribution in [-0.2, 0) is 0 Å². The number of nitrogens with two attached hydrogens (primary N) is 1. The van der Waals surface area contributed by atoms with Crippen molar-refractivity contribution in [2.45, 2.75) is 6.04 Å². The second-order valence-electron chi connectivity index (χ2n) is 3.65. The third-order valence-corrected chi connectivity index (χ3v) is 3.61. The molecule has 16 heavy (non-hydrogen) atoms. The summed E-state index contributed by atoms with van der Waals surface area (Å²) in [6.07, 6.45) is 0. The standard InChI is InChI=1S/C12H16N2OS/c13-7-11(14-5-6-15)10-8-16-12-4-2-1-3-9(10)12/h1-4,8,11,14-15H,5-7,13H2. The summed E-state index contributed by atoms with van der Waals surface area (Å²) in [5.41, 5.74) is 6.99. The van der Waals surface area contributed by atoms with Gasteiger partial charge in [-0.15, -0.1) is 11.3 Å². The average Bonchev–Trinajstić information content (AvgIpc) is 2.75. The van der Waals surface area contributed by atoms with Crippen molar-refractivity contribution in [3.63, 3.8) is 0 Å². The molecule has 0 bridgehead atoms. The molecular formula is C12H16N2OS. The van der Waals surface area contributed by atoms with Gasteiger partial charge in [0.1, 0.15) is 0 Å². The number of hydrogen-bond donors (Lipinski definition) is 3. The number of aliphatic hydroxyl groups is 1. The largest absolute Gasteiger partial charge is 0.395 e. The fourth-order valence-corrected chi connectivity index (χ4v) is 2.84. The van der Waals surface area contributed by atoms with Crippen molar-refractivity contribution in [1.82, 2.24) is 5.32 Å². The highest BCUT2D eigenvalue weighted by molar-refractivity contribution is 7.17. The van der Waals surface area contributed by atoms with Crippen LogP contribution in [0.2, 0.25) is 0 Å². The Labute approximate surface area is 98.9 Å². The summed E-state index contributed by atoms with van der Waals surface area (Å²) >= 11 is 1.73. The molecule has 4 heteroatoms. The van der Waals surface area contributed by atoms with E-state index in [1.807, 2.05) is 12.1 Å². The highest BCUT2D eigenvalue weighted by Crippen LogP contribution is 2.29. The van der Waals surface area contributed by atoms with Crippen molar-refractivity contribution in [2.75, 3.05) is 19.7 Å². The summed E-state index contributed by atoms with van der Waals surface area (Å²) in [4.78, 5) is 0. The minimum atomic E-state index is 0.128. The maximum Gasteiger partial charge on any atom is 0.0556 e. The fraction of sp³-hybridized carbons (Fsp3) is 0.333. The Balaban J connectivity index is 2.30. The maximum absolute atomic E-state index is 8.82. The Morgan fingerprint density at radius 3 is 2.94 bits per heavy atom. The van der Waals surface area contributed by atoms with Gasteiger partial charge in [-0.05, 0) is 22.4 Å². The quantitative estimate of drug-likeness (QED) is 0.737. The molecule has 0 fully saturated rings. The second kappa shape index (κ2) is 5.41.